The number of anilines is 1. The van der Waals surface area contributed by atoms with Gasteiger partial charge in [-0.05, 0) is 50.8 Å². The summed E-state index contributed by atoms with van der Waals surface area (Å²) in [6.07, 6.45) is 6.59. The molecule has 1 aromatic carbocycles. The lowest BCUT2D eigenvalue weighted by Gasteiger charge is -2.51. The fourth-order valence-corrected chi connectivity index (χ4v) is 6.14. The molecule has 0 aliphatic carbocycles. The van der Waals surface area contributed by atoms with Gasteiger partial charge in [0, 0.05) is 49.3 Å². The number of hydrogen-bond acceptors (Lipinski definition) is 8. The Hall–Kier alpha value is -2.59. The SMILES string of the molecule is CC[C@H]1CN(c2ncc(-c3ncn[nH]3)nc2C)[C@H](C)CN1C1CCN([C@@H](CO)c2ccc(Cl)cc2)CC1. The molecule has 5 rings (SSSR count). The summed E-state index contributed by atoms with van der Waals surface area (Å²) < 4.78 is 0. The Kier molecular flexibility index (Phi) is 8.04. The number of rotatable bonds is 7. The lowest BCUT2D eigenvalue weighted by atomic mass is 9.94. The van der Waals surface area contributed by atoms with Crippen molar-refractivity contribution in [2.24, 2.45) is 0 Å². The molecule has 2 aromatic heterocycles. The molecule has 2 fully saturated rings. The average Bonchev–Trinajstić information content (AvgIpc) is 3.46. The van der Waals surface area contributed by atoms with Crippen LogP contribution >= 0.6 is 11.6 Å². The highest BCUT2D eigenvalue weighted by molar-refractivity contribution is 6.30. The van der Waals surface area contributed by atoms with E-state index < -0.39 is 0 Å². The second kappa shape index (κ2) is 11.4. The highest BCUT2D eigenvalue weighted by Gasteiger charge is 2.38. The molecule has 0 spiro atoms. The molecular formula is C27H37ClN8O. The summed E-state index contributed by atoms with van der Waals surface area (Å²) in [7, 11) is 0. The van der Waals surface area contributed by atoms with Gasteiger partial charge in [-0.2, -0.15) is 5.10 Å². The third-order valence-electron chi connectivity index (χ3n) is 8.04. The molecule has 10 heteroatoms. The molecule has 2 N–H and O–H groups in total. The van der Waals surface area contributed by atoms with E-state index in [-0.39, 0.29) is 12.6 Å². The van der Waals surface area contributed by atoms with Crippen LogP contribution in [0.1, 0.15) is 50.4 Å². The van der Waals surface area contributed by atoms with Crippen molar-refractivity contribution >= 4 is 17.4 Å². The van der Waals surface area contributed by atoms with Gasteiger partial charge < -0.3 is 10.0 Å². The van der Waals surface area contributed by atoms with Gasteiger partial charge in [-0.15, -0.1) is 0 Å². The second-order valence-electron chi connectivity index (χ2n) is 10.3. The van der Waals surface area contributed by atoms with Crippen molar-refractivity contribution in [3.8, 4) is 11.5 Å². The van der Waals surface area contributed by atoms with Crippen molar-refractivity contribution in [1.29, 1.82) is 0 Å². The molecule has 198 valence electrons. The number of aromatic amines is 1. The molecule has 3 aromatic rings. The van der Waals surface area contributed by atoms with E-state index in [4.69, 9.17) is 21.6 Å². The zero-order chi connectivity index (χ0) is 25.9. The normalized spacial score (nSPS) is 22.9. The molecule has 2 aliphatic heterocycles. The maximum Gasteiger partial charge on any atom is 0.175 e. The molecule has 0 saturated carbocycles. The first-order chi connectivity index (χ1) is 18.0. The Balaban J connectivity index is 1.24. The Morgan fingerprint density at radius 1 is 1.14 bits per heavy atom. The van der Waals surface area contributed by atoms with E-state index in [0.717, 1.165) is 67.5 Å². The largest absolute Gasteiger partial charge is 0.394 e. The van der Waals surface area contributed by atoms with Gasteiger partial charge in [0.05, 0.1) is 24.5 Å². The van der Waals surface area contributed by atoms with E-state index in [0.29, 0.717) is 29.6 Å². The lowest BCUT2D eigenvalue weighted by Crippen LogP contribution is -2.62. The fraction of sp³-hybridized carbons (Fsp3) is 0.556. The van der Waals surface area contributed by atoms with E-state index in [1.54, 1.807) is 6.20 Å². The number of aliphatic hydroxyl groups excluding tert-OH is 1. The first kappa shape index (κ1) is 26.0. The molecule has 0 amide bonds. The number of nitrogens with zero attached hydrogens (tertiary/aromatic N) is 7. The smallest absolute Gasteiger partial charge is 0.175 e. The third-order valence-corrected chi connectivity index (χ3v) is 8.29. The standard InChI is InChI=1S/C27H37ClN8O/c1-4-22-15-35(27-19(3)32-24(13-29-27)26-30-17-31-33-26)18(2)14-36(22)23-9-11-34(12-10-23)25(16-37)20-5-7-21(28)8-6-20/h5-8,13,17-18,22-23,25,37H,4,9-12,14-16H2,1-3H3,(H,30,31,33)/t18-,22+,25+/m1/s1. The van der Waals surface area contributed by atoms with Gasteiger partial charge in [-0.1, -0.05) is 30.7 Å². The molecule has 9 nitrogen and oxygen atoms in total. The maximum atomic E-state index is 10.2. The van der Waals surface area contributed by atoms with Crippen LogP contribution in [0.3, 0.4) is 0 Å². The Morgan fingerprint density at radius 2 is 1.89 bits per heavy atom. The molecule has 4 heterocycles. The van der Waals surface area contributed by atoms with Gasteiger partial charge in [0.2, 0.25) is 0 Å². The van der Waals surface area contributed by atoms with Crippen LogP contribution in [-0.4, -0.2) is 91.0 Å². The predicted octanol–water partition coefficient (Wildman–Crippen LogP) is 3.71. The molecular weight excluding hydrogens is 488 g/mol. The third kappa shape index (κ3) is 5.50. The summed E-state index contributed by atoms with van der Waals surface area (Å²) in [6.45, 7) is 10.6. The highest BCUT2D eigenvalue weighted by atomic mass is 35.5. The minimum atomic E-state index is 0.0254. The molecule has 3 atom stereocenters. The van der Waals surface area contributed by atoms with E-state index in [9.17, 15) is 5.11 Å². The zero-order valence-corrected chi connectivity index (χ0v) is 22.6. The number of H-pyrrole nitrogens is 1. The minimum absolute atomic E-state index is 0.0254. The van der Waals surface area contributed by atoms with Gasteiger partial charge in [0.1, 0.15) is 17.8 Å². The van der Waals surface area contributed by atoms with Crippen molar-refractivity contribution in [1.82, 2.24) is 34.9 Å². The lowest BCUT2D eigenvalue weighted by molar-refractivity contribution is 0.0289. The van der Waals surface area contributed by atoms with Gasteiger partial charge >= 0.3 is 0 Å². The van der Waals surface area contributed by atoms with E-state index in [1.807, 2.05) is 31.2 Å². The highest BCUT2D eigenvalue weighted by Crippen LogP contribution is 2.32. The monoisotopic (exact) mass is 524 g/mol. The average molecular weight is 525 g/mol. The number of hydrogen-bond donors (Lipinski definition) is 2. The quantitative estimate of drug-likeness (QED) is 0.483. The van der Waals surface area contributed by atoms with E-state index in [2.05, 4.69) is 43.7 Å². The van der Waals surface area contributed by atoms with E-state index >= 15 is 0 Å². The van der Waals surface area contributed by atoms with Crippen LogP contribution in [-0.2, 0) is 0 Å². The Labute approximate surface area is 223 Å². The number of piperazine rings is 1. The summed E-state index contributed by atoms with van der Waals surface area (Å²) in [6, 6.07) is 9.27. The maximum absolute atomic E-state index is 10.2. The summed E-state index contributed by atoms with van der Waals surface area (Å²) in [4.78, 5) is 21.4. The number of nitrogens with one attached hydrogen (secondary N) is 1. The molecule has 0 bridgehead atoms. The number of aryl methyl sites for hydroxylation is 1. The second-order valence-corrected chi connectivity index (χ2v) is 10.7. The Bertz CT molecular complexity index is 1150. The Morgan fingerprint density at radius 3 is 2.51 bits per heavy atom. The van der Waals surface area contributed by atoms with Crippen molar-refractivity contribution in [2.45, 2.75) is 64.2 Å². The van der Waals surface area contributed by atoms with Crippen LogP contribution in [0.5, 0.6) is 0 Å². The van der Waals surface area contributed by atoms with Gasteiger partial charge in [-0.25, -0.2) is 15.0 Å². The van der Waals surface area contributed by atoms with Crippen LogP contribution in [0.25, 0.3) is 11.5 Å². The molecule has 0 radical (unpaired) electrons. The summed E-state index contributed by atoms with van der Waals surface area (Å²) in [5.74, 6) is 1.59. The topological polar surface area (TPSA) is 97.3 Å². The van der Waals surface area contributed by atoms with Crippen LogP contribution in [0.4, 0.5) is 5.82 Å². The first-order valence-electron chi connectivity index (χ1n) is 13.3. The number of benzene rings is 1. The molecule has 2 saturated heterocycles. The van der Waals surface area contributed by atoms with Crippen molar-refractivity contribution in [3.63, 3.8) is 0 Å². The minimum Gasteiger partial charge on any atom is -0.394 e. The number of likely N-dealkylation sites (tertiary alicyclic amines) is 1. The summed E-state index contributed by atoms with van der Waals surface area (Å²) in [5, 5.41) is 17.7. The fourth-order valence-electron chi connectivity index (χ4n) is 6.02. The summed E-state index contributed by atoms with van der Waals surface area (Å²) >= 11 is 6.08. The van der Waals surface area contributed by atoms with Crippen molar-refractivity contribution < 1.29 is 5.11 Å². The van der Waals surface area contributed by atoms with Crippen LogP contribution in [0.15, 0.2) is 36.8 Å². The number of piperidine rings is 1. The first-order valence-corrected chi connectivity index (χ1v) is 13.7. The molecule has 0 unspecified atom stereocenters. The zero-order valence-electron chi connectivity index (χ0n) is 21.9. The van der Waals surface area contributed by atoms with Gasteiger partial charge in [-0.3, -0.25) is 14.9 Å². The van der Waals surface area contributed by atoms with Crippen molar-refractivity contribution in [3.05, 3.63) is 53.1 Å². The predicted molar refractivity (Wildman–Crippen MR) is 146 cm³/mol. The number of aromatic nitrogens is 5. The van der Waals surface area contributed by atoms with Gasteiger partial charge in [0.15, 0.2) is 5.82 Å². The number of aliphatic hydroxyl groups is 1. The van der Waals surface area contributed by atoms with Gasteiger partial charge in [0.25, 0.3) is 0 Å². The molecule has 2 aliphatic rings. The van der Waals surface area contributed by atoms with Crippen molar-refractivity contribution in [2.75, 3.05) is 37.7 Å². The van der Waals surface area contributed by atoms with Crippen LogP contribution in [0, 0.1) is 6.92 Å². The summed E-state index contributed by atoms with van der Waals surface area (Å²) in [5.41, 5.74) is 2.75. The molecule has 37 heavy (non-hydrogen) atoms. The van der Waals surface area contributed by atoms with E-state index in [1.165, 1.54) is 6.33 Å². The number of halogens is 1. The van der Waals surface area contributed by atoms with Crippen LogP contribution < -0.4 is 4.90 Å². The van der Waals surface area contributed by atoms with Crippen LogP contribution in [0.2, 0.25) is 5.02 Å².